The maximum atomic E-state index is 11.8. The van der Waals surface area contributed by atoms with Crippen LogP contribution in [-0.4, -0.2) is 36.5 Å². The van der Waals surface area contributed by atoms with Crippen molar-refractivity contribution in [3.8, 4) is 5.75 Å². The third-order valence-electron chi connectivity index (χ3n) is 2.60. The third kappa shape index (κ3) is 3.84. The van der Waals surface area contributed by atoms with E-state index in [4.69, 9.17) is 9.84 Å². The van der Waals surface area contributed by atoms with Crippen LogP contribution in [0.4, 0.5) is 5.69 Å². The molecule has 1 atom stereocenters. The molecular weight excluding hydrogens is 286 g/mol. The minimum atomic E-state index is -4.03. The number of benzene rings is 1. The van der Waals surface area contributed by atoms with Crippen LogP contribution in [0.25, 0.3) is 0 Å². The highest BCUT2D eigenvalue weighted by Crippen LogP contribution is 2.24. The number of hydrogen-bond donors (Lipinski definition) is 3. The molecule has 0 fully saturated rings. The van der Waals surface area contributed by atoms with Gasteiger partial charge in [0, 0.05) is 11.3 Å². The van der Waals surface area contributed by atoms with Crippen LogP contribution >= 0.6 is 0 Å². The van der Waals surface area contributed by atoms with Gasteiger partial charge in [-0.15, -0.1) is 0 Å². The molecule has 112 valence electrons. The second-order valence-electron chi connectivity index (χ2n) is 4.04. The Labute approximate surface area is 117 Å². The van der Waals surface area contributed by atoms with Crippen LogP contribution in [-0.2, 0) is 21.4 Å². The molecule has 20 heavy (non-hydrogen) atoms. The smallest absolute Gasteiger partial charge is 0.323 e. The molecule has 1 aromatic rings. The number of anilines is 1. The molecule has 8 heteroatoms. The quantitative estimate of drug-likeness (QED) is 0.686. The first kappa shape index (κ1) is 16.3. The van der Waals surface area contributed by atoms with E-state index in [9.17, 15) is 18.3 Å². The Balaban J connectivity index is 3.02. The molecule has 1 unspecified atom stereocenters. The van der Waals surface area contributed by atoms with E-state index >= 15 is 0 Å². The van der Waals surface area contributed by atoms with Gasteiger partial charge in [0.1, 0.15) is 5.75 Å². The average Bonchev–Trinajstić information content (AvgIpc) is 2.39. The molecule has 0 heterocycles. The van der Waals surface area contributed by atoms with Crippen LogP contribution in [0.5, 0.6) is 5.75 Å². The van der Waals surface area contributed by atoms with Gasteiger partial charge in [-0.25, -0.2) is 8.42 Å². The Morgan fingerprint density at radius 3 is 2.60 bits per heavy atom. The molecule has 0 amide bonds. The van der Waals surface area contributed by atoms with Crippen molar-refractivity contribution in [2.24, 2.45) is 0 Å². The van der Waals surface area contributed by atoms with Crippen molar-refractivity contribution < 1.29 is 28.2 Å². The first-order valence-corrected chi connectivity index (χ1v) is 7.47. The number of rotatable bonds is 7. The Bertz CT molecular complexity index is 584. The molecule has 0 spiro atoms. The van der Waals surface area contributed by atoms with E-state index in [2.05, 4.69) is 4.72 Å². The highest BCUT2D eigenvalue weighted by Gasteiger charge is 2.27. The molecule has 0 aromatic heterocycles. The molecular formula is C12H17NO6S. The van der Waals surface area contributed by atoms with Crippen molar-refractivity contribution in [2.75, 3.05) is 11.3 Å². The Morgan fingerprint density at radius 1 is 1.45 bits per heavy atom. The number of aliphatic carboxylic acids is 1. The molecule has 0 saturated carbocycles. The molecule has 0 aliphatic rings. The minimum absolute atomic E-state index is 0.172. The molecule has 1 aromatic carbocycles. The van der Waals surface area contributed by atoms with Crippen LogP contribution in [0.1, 0.15) is 19.4 Å². The number of hydrogen-bond acceptors (Lipinski definition) is 5. The van der Waals surface area contributed by atoms with Gasteiger partial charge >= 0.3 is 5.97 Å². The number of sulfonamides is 1. The van der Waals surface area contributed by atoms with E-state index in [1.807, 2.05) is 0 Å². The second kappa shape index (κ2) is 6.58. The molecule has 0 saturated heterocycles. The number of aliphatic hydroxyl groups is 1. The molecule has 7 nitrogen and oxygen atoms in total. The Morgan fingerprint density at radius 2 is 2.10 bits per heavy atom. The maximum Gasteiger partial charge on any atom is 0.323 e. The summed E-state index contributed by atoms with van der Waals surface area (Å²) in [7, 11) is -4.03. The lowest BCUT2D eigenvalue weighted by atomic mass is 10.2. The van der Waals surface area contributed by atoms with Gasteiger partial charge in [-0.1, -0.05) is 0 Å². The van der Waals surface area contributed by atoms with Gasteiger partial charge in [0.05, 0.1) is 13.2 Å². The number of carbonyl (C=O) groups is 1. The largest absolute Gasteiger partial charge is 0.494 e. The van der Waals surface area contributed by atoms with Gasteiger partial charge in [-0.3, -0.25) is 9.52 Å². The molecule has 0 aliphatic carbocycles. The van der Waals surface area contributed by atoms with Crippen molar-refractivity contribution >= 4 is 21.7 Å². The summed E-state index contributed by atoms with van der Waals surface area (Å²) >= 11 is 0. The van der Waals surface area contributed by atoms with Gasteiger partial charge in [-0.05, 0) is 32.0 Å². The SMILES string of the molecule is CCOc1ccc(NS(=O)(=O)C(C)C(=O)O)cc1CO. The van der Waals surface area contributed by atoms with Crippen molar-refractivity contribution in [2.45, 2.75) is 25.7 Å². The summed E-state index contributed by atoms with van der Waals surface area (Å²) in [6.45, 7) is 2.95. The lowest BCUT2D eigenvalue weighted by molar-refractivity contribution is -0.136. The summed E-state index contributed by atoms with van der Waals surface area (Å²) in [6.07, 6.45) is 0. The fraction of sp³-hybridized carbons (Fsp3) is 0.417. The predicted octanol–water partition coefficient (Wildman–Crippen LogP) is 0.792. The van der Waals surface area contributed by atoms with E-state index in [1.165, 1.54) is 18.2 Å². The van der Waals surface area contributed by atoms with Crippen molar-refractivity contribution in [3.63, 3.8) is 0 Å². The van der Waals surface area contributed by atoms with E-state index in [-0.39, 0.29) is 12.3 Å². The summed E-state index contributed by atoms with van der Waals surface area (Å²) in [5.74, 6) is -0.991. The van der Waals surface area contributed by atoms with Crippen LogP contribution < -0.4 is 9.46 Å². The Kier molecular flexibility index (Phi) is 5.34. The molecule has 1 rings (SSSR count). The molecule has 0 bridgehead atoms. The summed E-state index contributed by atoms with van der Waals surface area (Å²) < 4.78 is 31.0. The first-order valence-electron chi connectivity index (χ1n) is 5.92. The minimum Gasteiger partial charge on any atom is -0.494 e. The summed E-state index contributed by atoms with van der Waals surface area (Å²) in [6, 6.07) is 4.35. The third-order valence-corrected chi connectivity index (χ3v) is 4.26. The van der Waals surface area contributed by atoms with Crippen LogP contribution in [0, 0.1) is 0 Å². The van der Waals surface area contributed by atoms with Crippen LogP contribution in [0.15, 0.2) is 18.2 Å². The topological polar surface area (TPSA) is 113 Å². The lowest BCUT2D eigenvalue weighted by Gasteiger charge is -2.14. The number of aliphatic hydroxyl groups excluding tert-OH is 1. The lowest BCUT2D eigenvalue weighted by Crippen LogP contribution is -2.32. The molecule has 0 radical (unpaired) electrons. The normalized spacial score (nSPS) is 12.8. The molecule has 0 aliphatic heterocycles. The average molecular weight is 303 g/mol. The van der Waals surface area contributed by atoms with Gasteiger partial charge in [-0.2, -0.15) is 0 Å². The number of carboxylic acid groups (broad SMARTS) is 1. The van der Waals surface area contributed by atoms with Crippen molar-refractivity contribution in [1.29, 1.82) is 0 Å². The number of nitrogens with one attached hydrogen (secondary N) is 1. The fourth-order valence-electron chi connectivity index (χ4n) is 1.45. The number of carboxylic acids is 1. The van der Waals surface area contributed by atoms with Gasteiger partial charge in [0.25, 0.3) is 0 Å². The molecule has 3 N–H and O–H groups in total. The van der Waals surface area contributed by atoms with E-state index in [1.54, 1.807) is 6.92 Å². The second-order valence-corrected chi connectivity index (χ2v) is 6.04. The zero-order chi connectivity index (χ0) is 15.3. The zero-order valence-corrected chi connectivity index (χ0v) is 12.0. The monoisotopic (exact) mass is 303 g/mol. The van der Waals surface area contributed by atoms with E-state index < -0.39 is 21.2 Å². The van der Waals surface area contributed by atoms with E-state index in [0.29, 0.717) is 17.9 Å². The summed E-state index contributed by atoms with van der Waals surface area (Å²) in [5.41, 5.74) is 0.584. The van der Waals surface area contributed by atoms with Gasteiger partial charge < -0.3 is 14.9 Å². The highest BCUT2D eigenvalue weighted by molar-refractivity contribution is 7.94. The van der Waals surface area contributed by atoms with Gasteiger partial charge in [0.15, 0.2) is 5.25 Å². The summed E-state index contributed by atoms with van der Waals surface area (Å²) in [4.78, 5) is 10.7. The van der Waals surface area contributed by atoms with Crippen molar-refractivity contribution in [1.82, 2.24) is 0 Å². The first-order chi connectivity index (χ1) is 9.31. The summed E-state index contributed by atoms with van der Waals surface area (Å²) in [5, 5.41) is 16.4. The van der Waals surface area contributed by atoms with Gasteiger partial charge in [0.2, 0.25) is 10.0 Å². The zero-order valence-electron chi connectivity index (χ0n) is 11.2. The predicted molar refractivity (Wildman–Crippen MR) is 73.2 cm³/mol. The standard InChI is InChI=1S/C12H17NO6S/c1-3-19-11-5-4-10(6-9(11)7-14)13-20(17,18)8(2)12(15)16/h4-6,8,13-14H,3,7H2,1-2H3,(H,15,16). The highest BCUT2D eigenvalue weighted by atomic mass is 32.2. The van der Waals surface area contributed by atoms with Crippen LogP contribution in [0.2, 0.25) is 0 Å². The fourth-order valence-corrected chi connectivity index (χ4v) is 2.35. The van der Waals surface area contributed by atoms with Crippen LogP contribution in [0.3, 0.4) is 0 Å². The Hall–Kier alpha value is -1.80. The number of ether oxygens (including phenoxy) is 1. The van der Waals surface area contributed by atoms with Crippen molar-refractivity contribution in [3.05, 3.63) is 23.8 Å². The maximum absolute atomic E-state index is 11.8. The van der Waals surface area contributed by atoms with E-state index in [0.717, 1.165) is 6.92 Å².